The Morgan fingerprint density at radius 2 is 1.91 bits per heavy atom. The van der Waals surface area contributed by atoms with Crippen LogP contribution in [0.5, 0.6) is 0 Å². The minimum atomic E-state index is -4.53. The largest absolute Gasteiger partial charge is 0.417 e. The zero-order chi connectivity index (χ0) is 16.8. The van der Waals surface area contributed by atoms with Gasteiger partial charge in [-0.05, 0) is 19.4 Å². The van der Waals surface area contributed by atoms with Crippen LogP contribution in [0, 0.1) is 0 Å². The Hall–Kier alpha value is -2.38. The van der Waals surface area contributed by atoms with Crippen LogP contribution in [0.1, 0.15) is 31.4 Å². The molecular formula is C14H16F3N3O2. The van der Waals surface area contributed by atoms with Gasteiger partial charge in [0.2, 0.25) is 0 Å². The molecule has 1 rings (SSSR count). The molecule has 0 saturated heterocycles. The Bertz CT molecular complexity index is 571. The van der Waals surface area contributed by atoms with Crippen molar-refractivity contribution in [3.8, 4) is 0 Å². The number of benzene rings is 1. The van der Waals surface area contributed by atoms with E-state index in [2.05, 4.69) is 10.4 Å². The average molecular weight is 315 g/mol. The van der Waals surface area contributed by atoms with E-state index in [1.54, 1.807) is 6.92 Å². The Morgan fingerprint density at radius 1 is 1.27 bits per heavy atom. The molecule has 0 aliphatic rings. The van der Waals surface area contributed by atoms with Gasteiger partial charge in [-0.25, -0.2) is 5.43 Å². The maximum Gasteiger partial charge on any atom is 0.417 e. The van der Waals surface area contributed by atoms with Crippen LogP contribution in [0.15, 0.2) is 29.4 Å². The summed E-state index contributed by atoms with van der Waals surface area (Å²) in [4.78, 5) is 22.8. The summed E-state index contributed by atoms with van der Waals surface area (Å²) in [7, 11) is 0. The van der Waals surface area contributed by atoms with E-state index in [4.69, 9.17) is 0 Å². The second kappa shape index (κ2) is 7.58. The third-order valence-corrected chi connectivity index (χ3v) is 2.83. The molecule has 0 spiro atoms. The van der Waals surface area contributed by atoms with Crippen LogP contribution < -0.4 is 10.7 Å². The highest BCUT2D eigenvalue weighted by atomic mass is 19.4. The van der Waals surface area contributed by atoms with Gasteiger partial charge in [-0.15, -0.1) is 0 Å². The summed E-state index contributed by atoms with van der Waals surface area (Å²) in [6, 6.07) is 4.58. The summed E-state index contributed by atoms with van der Waals surface area (Å²) < 4.78 is 38.2. The van der Waals surface area contributed by atoms with Gasteiger partial charge >= 0.3 is 18.0 Å². The van der Waals surface area contributed by atoms with Gasteiger partial charge in [-0.2, -0.15) is 18.3 Å². The van der Waals surface area contributed by atoms with E-state index in [0.717, 1.165) is 12.3 Å². The monoisotopic (exact) mass is 315 g/mol. The number of hydrogen-bond donors (Lipinski definition) is 2. The molecule has 0 radical (unpaired) electrons. The standard InChI is InChI=1S/C14H16F3N3O2/c1-3-9(2)19-12(21)13(22)20-18-8-10-6-4-5-7-11(10)14(15,16)17/h4-9H,3H2,1-2H3,(H,19,21)(H,20,22)/b18-8-/t9-/m1/s1. The number of amides is 2. The predicted octanol–water partition coefficient (Wildman–Crippen LogP) is 2.07. The summed E-state index contributed by atoms with van der Waals surface area (Å²) in [5.41, 5.74) is 0.802. The van der Waals surface area contributed by atoms with Crippen molar-refractivity contribution in [1.82, 2.24) is 10.7 Å². The highest BCUT2D eigenvalue weighted by Gasteiger charge is 2.32. The fraction of sp³-hybridized carbons (Fsp3) is 0.357. The molecule has 0 unspecified atom stereocenters. The molecule has 22 heavy (non-hydrogen) atoms. The quantitative estimate of drug-likeness (QED) is 0.507. The van der Waals surface area contributed by atoms with Gasteiger partial charge < -0.3 is 5.32 Å². The Balaban J connectivity index is 2.71. The van der Waals surface area contributed by atoms with Crippen LogP contribution in [0.3, 0.4) is 0 Å². The topological polar surface area (TPSA) is 70.6 Å². The minimum Gasteiger partial charge on any atom is -0.345 e. The number of hydrazone groups is 1. The van der Waals surface area contributed by atoms with Gasteiger partial charge in [0.15, 0.2) is 0 Å². The van der Waals surface area contributed by atoms with E-state index in [1.807, 2.05) is 12.3 Å². The summed E-state index contributed by atoms with van der Waals surface area (Å²) >= 11 is 0. The summed E-state index contributed by atoms with van der Waals surface area (Å²) in [5.74, 6) is -1.93. The lowest BCUT2D eigenvalue weighted by molar-refractivity contribution is -0.139. The van der Waals surface area contributed by atoms with E-state index in [-0.39, 0.29) is 11.6 Å². The molecule has 0 aromatic heterocycles. The van der Waals surface area contributed by atoms with Crippen LogP contribution in [0.2, 0.25) is 0 Å². The molecule has 2 N–H and O–H groups in total. The molecule has 0 aliphatic carbocycles. The maximum atomic E-state index is 12.7. The Morgan fingerprint density at radius 3 is 2.50 bits per heavy atom. The van der Waals surface area contributed by atoms with E-state index in [1.165, 1.54) is 18.2 Å². The smallest absolute Gasteiger partial charge is 0.345 e. The molecular weight excluding hydrogens is 299 g/mol. The van der Waals surface area contributed by atoms with Crippen molar-refractivity contribution in [2.75, 3.05) is 0 Å². The number of nitrogens with one attached hydrogen (secondary N) is 2. The second-order valence-electron chi connectivity index (χ2n) is 4.57. The Kier molecular flexibility index (Phi) is 6.09. The van der Waals surface area contributed by atoms with E-state index >= 15 is 0 Å². The molecule has 120 valence electrons. The van der Waals surface area contributed by atoms with Crippen LogP contribution in [0.4, 0.5) is 13.2 Å². The number of alkyl halides is 3. The number of hydrogen-bond acceptors (Lipinski definition) is 3. The normalized spacial score (nSPS) is 13.0. The second-order valence-corrected chi connectivity index (χ2v) is 4.57. The van der Waals surface area contributed by atoms with E-state index < -0.39 is 23.6 Å². The third kappa shape index (κ3) is 5.19. The number of carbonyl (C=O) groups excluding carboxylic acids is 2. The molecule has 0 bridgehead atoms. The maximum absolute atomic E-state index is 12.7. The Labute approximate surface area is 125 Å². The molecule has 0 fully saturated rings. The SMILES string of the molecule is CC[C@@H](C)NC(=O)C(=O)N/N=C\c1ccccc1C(F)(F)F. The van der Waals surface area contributed by atoms with Gasteiger partial charge in [-0.1, -0.05) is 25.1 Å². The summed E-state index contributed by atoms with van der Waals surface area (Å²) in [5, 5.41) is 5.79. The van der Waals surface area contributed by atoms with E-state index in [9.17, 15) is 22.8 Å². The first-order chi connectivity index (χ1) is 10.3. The molecule has 1 aromatic rings. The van der Waals surface area contributed by atoms with Crippen molar-refractivity contribution >= 4 is 18.0 Å². The van der Waals surface area contributed by atoms with Crippen LogP contribution >= 0.6 is 0 Å². The molecule has 1 aromatic carbocycles. The van der Waals surface area contributed by atoms with Gasteiger partial charge in [-0.3, -0.25) is 9.59 Å². The van der Waals surface area contributed by atoms with Crippen LogP contribution in [-0.4, -0.2) is 24.1 Å². The average Bonchev–Trinajstić information content (AvgIpc) is 2.46. The molecule has 1 atom stereocenters. The number of carbonyl (C=O) groups is 2. The fourth-order valence-electron chi connectivity index (χ4n) is 1.47. The molecule has 0 heterocycles. The van der Waals surface area contributed by atoms with Crippen LogP contribution in [-0.2, 0) is 15.8 Å². The van der Waals surface area contributed by atoms with Crippen molar-refractivity contribution < 1.29 is 22.8 Å². The zero-order valence-electron chi connectivity index (χ0n) is 12.1. The molecule has 0 aliphatic heterocycles. The van der Waals surface area contributed by atoms with E-state index in [0.29, 0.717) is 6.42 Å². The highest BCUT2D eigenvalue weighted by Crippen LogP contribution is 2.30. The lowest BCUT2D eigenvalue weighted by atomic mass is 10.1. The molecule has 5 nitrogen and oxygen atoms in total. The molecule has 8 heteroatoms. The van der Waals surface area contributed by atoms with Gasteiger partial charge in [0, 0.05) is 11.6 Å². The number of rotatable bonds is 4. The zero-order valence-corrected chi connectivity index (χ0v) is 12.1. The summed E-state index contributed by atoms with van der Waals surface area (Å²) in [6.45, 7) is 3.54. The lowest BCUT2D eigenvalue weighted by Crippen LogP contribution is -2.41. The minimum absolute atomic E-state index is 0.187. The van der Waals surface area contributed by atoms with Gasteiger partial charge in [0.25, 0.3) is 0 Å². The lowest BCUT2D eigenvalue weighted by Gasteiger charge is -2.10. The van der Waals surface area contributed by atoms with Crippen molar-refractivity contribution in [3.05, 3.63) is 35.4 Å². The molecule has 2 amide bonds. The first-order valence-electron chi connectivity index (χ1n) is 6.55. The van der Waals surface area contributed by atoms with Crippen molar-refractivity contribution in [2.24, 2.45) is 5.10 Å². The first kappa shape index (κ1) is 17.7. The highest BCUT2D eigenvalue weighted by molar-refractivity contribution is 6.35. The van der Waals surface area contributed by atoms with Crippen molar-refractivity contribution in [3.63, 3.8) is 0 Å². The number of halogens is 3. The third-order valence-electron chi connectivity index (χ3n) is 2.83. The van der Waals surface area contributed by atoms with Crippen LogP contribution in [0.25, 0.3) is 0 Å². The molecule has 0 saturated carbocycles. The van der Waals surface area contributed by atoms with Gasteiger partial charge in [0.1, 0.15) is 0 Å². The predicted molar refractivity (Wildman–Crippen MR) is 75.1 cm³/mol. The fourth-order valence-corrected chi connectivity index (χ4v) is 1.47. The number of nitrogens with zero attached hydrogens (tertiary/aromatic N) is 1. The van der Waals surface area contributed by atoms with Crippen molar-refractivity contribution in [1.29, 1.82) is 0 Å². The van der Waals surface area contributed by atoms with Crippen molar-refractivity contribution in [2.45, 2.75) is 32.5 Å². The van der Waals surface area contributed by atoms with Gasteiger partial charge in [0.05, 0.1) is 11.8 Å². The first-order valence-corrected chi connectivity index (χ1v) is 6.55. The summed E-state index contributed by atoms with van der Waals surface area (Å²) in [6.07, 6.45) is -3.04.